The summed E-state index contributed by atoms with van der Waals surface area (Å²) >= 11 is 12.9. The van der Waals surface area contributed by atoms with E-state index in [4.69, 9.17) is 16.3 Å². The van der Waals surface area contributed by atoms with Gasteiger partial charge in [0.2, 0.25) is 5.88 Å². The Morgan fingerprint density at radius 1 is 1.16 bits per heavy atom. The lowest BCUT2D eigenvalue weighted by Crippen LogP contribution is -1.96. The highest BCUT2D eigenvalue weighted by atomic mass is 79.9. The topological polar surface area (TPSA) is 22.1 Å². The van der Waals surface area contributed by atoms with E-state index in [-0.39, 0.29) is 0 Å². The van der Waals surface area contributed by atoms with E-state index < -0.39 is 0 Å². The molecule has 2 rings (SSSR count). The van der Waals surface area contributed by atoms with Gasteiger partial charge in [0, 0.05) is 15.1 Å². The molecule has 0 radical (unpaired) electrons. The summed E-state index contributed by atoms with van der Waals surface area (Å²) in [4.78, 5) is 4.18. The summed E-state index contributed by atoms with van der Waals surface area (Å²) in [6.07, 6.45) is 1.66. The van der Waals surface area contributed by atoms with Crippen molar-refractivity contribution in [2.45, 2.75) is 19.8 Å². The molecule has 0 aliphatic heterocycles. The van der Waals surface area contributed by atoms with E-state index in [0.717, 1.165) is 20.3 Å². The van der Waals surface area contributed by atoms with Gasteiger partial charge in [0.1, 0.15) is 10.8 Å². The first-order chi connectivity index (χ1) is 8.97. The van der Waals surface area contributed by atoms with Gasteiger partial charge in [0.25, 0.3) is 0 Å². The van der Waals surface area contributed by atoms with Crippen molar-refractivity contribution in [1.82, 2.24) is 4.98 Å². The monoisotopic (exact) mass is 403 g/mol. The molecule has 0 spiro atoms. The maximum absolute atomic E-state index is 6.12. The molecule has 0 saturated heterocycles. The maximum atomic E-state index is 6.12. The standard InChI is InChI=1S/C14H12Br2ClNO/c1-8(2)11-5-9(15)3-4-13(11)19-14-12(17)6-10(16)7-18-14/h3-8H,1-2H3. The summed E-state index contributed by atoms with van der Waals surface area (Å²) in [6, 6.07) is 7.66. The number of pyridine rings is 1. The summed E-state index contributed by atoms with van der Waals surface area (Å²) in [5.41, 5.74) is 1.11. The van der Waals surface area contributed by atoms with Crippen LogP contribution in [0.25, 0.3) is 0 Å². The first kappa shape index (κ1) is 14.8. The molecule has 0 amide bonds. The van der Waals surface area contributed by atoms with E-state index in [2.05, 4.69) is 50.7 Å². The van der Waals surface area contributed by atoms with Crippen LogP contribution < -0.4 is 4.74 Å². The van der Waals surface area contributed by atoms with E-state index in [1.54, 1.807) is 12.3 Å². The average Bonchev–Trinajstić information content (AvgIpc) is 2.34. The van der Waals surface area contributed by atoms with Crippen LogP contribution >= 0.6 is 43.5 Å². The minimum absolute atomic E-state index is 0.349. The van der Waals surface area contributed by atoms with Crippen LogP contribution in [0.5, 0.6) is 11.6 Å². The van der Waals surface area contributed by atoms with Crippen molar-refractivity contribution in [2.24, 2.45) is 0 Å². The molecule has 0 bridgehead atoms. The molecule has 100 valence electrons. The van der Waals surface area contributed by atoms with Crippen LogP contribution in [0, 0.1) is 0 Å². The molecule has 0 fully saturated rings. The fraction of sp³-hybridized carbons (Fsp3) is 0.214. The number of nitrogens with zero attached hydrogens (tertiary/aromatic N) is 1. The molecule has 1 heterocycles. The molecule has 0 aliphatic carbocycles. The maximum Gasteiger partial charge on any atom is 0.238 e. The third kappa shape index (κ3) is 3.71. The average molecular weight is 406 g/mol. The molecule has 2 aromatic rings. The molecule has 1 aromatic heterocycles. The third-order valence-electron chi connectivity index (χ3n) is 2.57. The van der Waals surface area contributed by atoms with Gasteiger partial charge in [-0.1, -0.05) is 41.4 Å². The quantitative estimate of drug-likeness (QED) is 0.609. The molecule has 0 aliphatic rings. The smallest absolute Gasteiger partial charge is 0.238 e. The molecule has 0 saturated carbocycles. The lowest BCUT2D eigenvalue weighted by Gasteiger charge is -2.14. The Hall–Kier alpha value is -0.580. The second-order valence-corrected chi connectivity index (χ2v) is 6.62. The van der Waals surface area contributed by atoms with Crippen LogP contribution in [-0.2, 0) is 0 Å². The molecular weight excluding hydrogens is 393 g/mol. The Morgan fingerprint density at radius 2 is 1.89 bits per heavy atom. The molecular formula is C14H12Br2ClNO. The van der Waals surface area contributed by atoms with Crippen LogP contribution in [-0.4, -0.2) is 4.98 Å². The Kier molecular flexibility index (Phi) is 4.87. The van der Waals surface area contributed by atoms with E-state index in [0.29, 0.717) is 16.8 Å². The second-order valence-electron chi connectivity index (χ2n) is 4.38. The van der Waals surface area contributed by atoms with E-state index >= 15 is 0 Å². The molecule has 5 heteroatoms. The van der Waals surface area contributed by atoms with Gasteiger partial charge in [-0.2, -0.15) is 0 Å². The minimum atomic E-state index is 0.349. The number of benzene rings is 1. The van der Waals surface area contributed by atoms with E-state index in [1.165, 1.54) is 0 Å². The van der Waals surface area contributed by atoms with Crippen LogP contribution in [0.15, 0.2) is 39.4 Å². The van der Waals surface area contributed by atoms with Crippen molar-refractivity contribution in [3.63, 3.8) is 0 Å². The summed E-state index contributed by atoms with van der Waals surface area (Å²) in [5, 5.41) is 0.479. The van der Waals surface area contributed by atoms with Crippen LogP contribution in [0.1, 0.15) is 25.3 Å². The van der Waals surface area contributed by atoms with Crippen LogP contribution in [0.4, 0.5) is 0 Å². The SMILES string of the molecule is CC(C)c1cc(Br)ccc1Oc1ncc(Br)cc1Cl. The number of aromatic nitrogens is 1. The lowest BCUT2D eigenvalue weighted by molar-refractivity contribution is 0.454. The van der Waals surface area contributed by atoms with Crippen LogP contribution in [0.3, 0.4) is 0 Å². The van der Waals surface area contributed by atoms with Gasteiger partial charge in [-0.05, 0) is 51.7 Å². The minimum Gasteiger partial charge on any atom is -0.437 e. The second kappa shape index (κ2) is 6.25. The lowest BCUT2D eigenvalue weighted by atomic mass is 10.0. The fourth-order valence-electron chi connectivity index (χ4n) is 1.64. The highest BCUT2D eigenvalue weighted by Crippen LogP contribution is 2.35. The molecule has 0 N–H and O–H groups in total. The fourth-order valence-corrected chi connectivity index (χ4v) is 2.69. The Labute approximate surface area is 134 Å². The number of rotatable bonds is 3. The first-order valence-electron chi connectivity index (χ1n) is 5.75. The van der Waals surface area contributed by atoms with Crippen molar-refractivity contribution in [2.75, 3.05) is 0 Å². The van der Waals surface area contributed by atoms with Crippen molar-refractivity contribution < 1.29 is 4.74 Å². The predicted octanol–water partition coefficient (Wildman–Crippen LogP) is 6.18. The van der Waals surface area contributed by atoms with Gasteiger partial charge >= 0.3 is 0 Å². The summed E-state index contributed by atoms with van der Waals surface area (Å²) in [7, 11) is 0. The number of hydrogen-bond donors (Lipinski definition) is 0. The Balaban J connectivity index is 2.38. The summed E-state index contributed by atoms with van der Waals surface area (Å²) in [6.45, 7) is 4.23. The molecule has 0 unspecified atom stereocenters. The van der Waals surface area contributed by atoms with Crippen molar-refractivity contribution in [1.29, 1.82) is 0 Å². The molecule has 0 atom stereocenters. The van der Waals surface area contributed by atoms with Crippen LogP contribution in [0.2, 0.25) is 5.02 Å². The summed E-state index contributed by atoms with van der Waals surface area (Å²) < 4.78 is 7.68. The molecule has 19 heavy (non-hydrogen) atoms. The van der Waals surface area contributed by atoms with Crippen molar-refractivity contribution >= 4 is 43.5 Å². The molecule has 1 aromatic carbocycles. The highest BCUT2D eigenvalue weighted by molar-refractivity contribution is 9.10. The van der Waals surface area contributed by atoms with E-state index in [1.807, 2.05) is 18.2 Å². The van der Waals surface area contributed by atoms with Gasteiger partial charge in [-0.3, -0.25) is 0 Å². The predicted molar refractivity (Wildman–Crippen MR) is 85.3 cm³/mol. The zero-order chi connectivity index (χ0) is 14.0. The van der Waals surface area contributed by atoms with Gasteiger partial charge in [0.05, 0.1) is 0 Å². The van der Waals surface area contributed by atoms with Crippen molar-refractivity contribution in [3.05, 3.63) is 50.0 Å². The van der Waals surface area contributed by atoms with Gasteiger partial charge < -0.3 is 4.74 Å². The number of ether oxygens (including phenoxy) is 1. The first-order valence-corrected chi connectivity index (χ1v) is 7.72. The third-order valence-corrected chi connectivity index (χ3v) is 3.77. The van der Waals surface area contributed by atoms with Gasteiger partial charge in [0.15, 0.2) is 0 Å². The Bertz CT molecular complexity index is 602. The van der Waals surface area contributed by atoms with Gasteiger partial charge in [-0.15, -0.1) is 0 Å². The number of halogens is 3. The normalized spacial score (nSPS) is 10.8. The van der Waals surface area contributed by atoms with Crippen molar-refractivity contribution in [3.8, 4) is 11.6 Å². The zero-order valence-corrected chi connectivity index (χ0v) is 14.4. The molecule has 2 nitrogen and oxygen atoms in total. The highest BCUT2D eigenvalue weighted by Gasteiger charge is 2.12. The zero-order valence-electron chi connectivity index (χ0n) is 10.5. The summed E-state index contributed by atoms with van der Waals surface area (Å²) in [5.74, 6) is 1.53. The Morgan fingerprint density at radius 3 is 2.53 bits per heavy atom. The number of hydrogen-bond acceptors (Lipinski definition) is 2. The van der Waals surface area contributed by atoms with Gasteiger partial charge in [-0.25, -0.2) is 4.98 Å². The van der Waals surface area contributed by atoms with E-state index in [9.17, 15) is 0 Å². The largest absolute Gasteiger partial charge is 0.437 e.